The fourth-order valence-corrected chi connectivity index (χ4v) is 1.51. The summed E-state index contributed by atoms with van der Waals surface area (Å²) < 4.78 is 6.63. The molecule has 0 radical (unpaired) electrons. The van der Waals surface area contributed by atoms with Crippen molar-refractivity contribution in [2.45, 2.75) is 19.9 Å². The Morgan fingerprint density at radius 1 is 1.43 bits per heavy atom. The van der Waals surface area contributed by atoms with Crippen molar-refractivity contribution in [1.29, 1.82) is 0 Å². The monoisotopic (exact) mass is 258 g/mol. The van der Waals surface area contributed by atoms with E-state index in [4.69, 9.17) is 4.74 Å². The lowest BCUT2D eigenvalue weighted by atomic mass is 10.3. The van der Waals surface area contributed by atoms with Crippen LogP contribution in [0.1, 0.15) is 13.8 Å². The van der Waals surface area contributed by atoms with E-state index in [1.165, 1.54) is 0 Å². The lowest BCUT2D eigenvalue weighted by molar-refractivity contribution is -0.683. The van der Waals surface area contributed by atoms with Crippen molar-refractivity contribution in [2.75, 3.05) is 13.2 Å². The quantitative estimate of drug-likeness (QED) is 0.802. The molecule has 78 valence electrons. The molecule has 0 atom stereocenters. The normalized spacial score (nSPS) is 10.6. The highest BCUT2D eigenvalue weighted by Gasteiger charge is 1.97. The lowest BCUT2D eigenvalue weighted by Crippen LogP contribution is -2.89. The van der Waals surface area contributed by atoms with Crippen molar-refractivity contribution in [3.63, 3.8) is 0 Å². The molecule has 0 saturated heterocycles. The highest BCUT2D eigenvalue weighted by molar-refractivity contribution is 9.10. The van der Waals surface area contributed by atoms with Crippen LogP contribution in [-0.4, -0.2) is 19.2 Å². The molecule has 0 aliphatic heterocycles. The van der Waals surface area contributed by atoms with Gasteiger partial charge in [-0.05, 0) is 32.0 Å². The maximum Gasteiger partial charge on any atom is 0.137 e. The molecule has 0 heterocycles. The number of hydrogen-bond donors (Lipinski definition) is 1. The largest absolute Gasteiger partial charge is 0.488 e. The molecule has 0 aliphatic carbocycles. The van der Waals surface area contributed by atoms with Gasteiger partial charge in [-0.25, -0.2) is 0 Å². The first-order valence-corrected chi connectivity index (χ1v) is 5.69. The Bertz CT molecular complexity index is 276. The van der Waals surface area contributed by atoms with Gasteiger partial charge >= 0.3 is 0 Å². The van der Waals surface area contributed by atoms with E-state index in [2.05, 4.69) is 35.1 Å². The summed E-state index contributed by atoms with van der Waals surface area (Å²) in [6.45, 7) is 6.12. The van der Waals surface area contributed by atoms with E-state index in [9.17, 15) is 0 Å². The molecule has 14 heavy (non-hydrogen) atoms. The molecule has 0 fully saturated rings. The highest BCUT2D eigenvalue weighted by Crippen LogP contribution is 2.17. The lowest BCUT2D eigenvalue weighted by Gasteiger charge is -2.07. The fourth-order valence-electron chi connectivity index (χ4n) is 1.13. The van der Waals surface area contributed by atoms with E-state index >= 15 is 0 Å². The molecule has 0 unspecified atom stereocenters. The second-order valence-electron chi connectivity index (χ2n) is 3.57. The highest BCUT2D eigenvalue weighted by atomic mass is 79.9. The number of quaternary nitrogens is 1. The first-order valence-electron chi connectivity index (χ1n) is 4.90. The summed E-state index contributed by atoms with van der Waals surface area (Å²) in [6.07, 6.45) is 0. The van der Waals surface area contributed by atoms with Crippen molar-refractivity contribution in [3.05, 3.63) is 28.7 Å². The van der Waals surface area contributed by atoms with Gasteiger partial charge in [0.2, 0.25) is 0 Å². The zero-order valence-electron chi connectivity index (χ0n) is 8.66. The second-order valence-corrected chi connectivity index (χ2v) is 4.49. The summed E-state index contributed by atoms with van der Waals surface area (Å²) in [6, 6.07) is 8.56. The molecule has 3 heteroatoms. The molecule has 0 bridgehead atoms. The Morgan fingerprint density at radius 3 is 2.86 bits per heavy atom. The molecular formula is C11H17BrNO+. The molecule has 0 amide bonds. The smallest absolute Gasteiger partial charge is 0.137 e. The number of rotatable bonds is 5. The molecule has 0 aromatic heterocycles. The summed E-state index contributed by atoms with van der Waals surface area (Å²) in [5.74, 6) is 0.927. The Balaban J connectivity index is 2.25. The van der Waals surface area contributed by atoms with Crippen LogP contribution in [0.5, 0.6) is 5.75 Å². The van der Waals surface area contributed by atoms with Gasteiger partial charge in [-0.3, -0.25) is 0 Å². The third-order valence-corrected chi connectivity index (χ3v) is 2.31. The van der Waals surface area contributed by atoms with Gasteiger partial charge in [0.05, 0.1) is 6.04 Å². The maximum atomic E-state index is 5.58. The second kappa shape index (κ2) is 6.04. The van der Waals surface area contributed by atoms with Crippen molar-refractivity contribution < 1.29 is 10.1 Å². The molecule has 2 nitrogen and oxygen atoms in total. The predicted octanol–water partition coefficient (Wildman–Crippen LogP) is 1.80. The van der Waals surface area contributed by atoms with E-state index < -0.39 is 0 Å². The average molecular weight is 259 g/mol. The Hall–Kier alpha value is -0.540. The van der Waals surface area contributed by atoms with Crippen molar-refractivity contribution in [2.24, 2.45) is 0 Å². The van der Waals surface area contributed by atoms with E-state index in [-0.39, 0.29) is 0 Å². The van der Waals surface area contributed by atoms with Gasteiger partial charge in [0.1, 0.15) is 18.9 Å². The summed E-state index contributed by atoms with van der Waals surface area (Å²) in [7, 11) is 0. The van der Waals surface area contributed by atoms with Crippen LogP contribution in [0.3, 0.4) is 0 Å². The number of ether oxygens (including phenoxy) is 1. The van der Waals surface area contributed by atoms with Gasteiger partial charge in [-0.1, -0.05) is 22.0 Å². The standard InChI is InChI=1S/C11H16BrNO/c1-9(2)13-6-7-14-11-5-3-4-10(12)8-11/h3-5,8-9,13H,6-7H2,1-2H3/p+1. The molecule has 1 aromatic rings. The molecule has 0 spiro atoms. The van der Waals surface area contributed by atoms with Crippen LogP contribution in [0, 0.1) is 0 Å². The summed E-state index contributed by atoms with van der Waals surface area (Å²) in [5.41, 5.74) is 0. The van der Waals surface area contributed by atoms with Crippen molar-refractivity contribution in [3.8, 4) is 5.75 Å². The zero-order chi connectivity index (χ0) is 10.4. The van der Waals surface area contributed by atoms with E-state index in [1.807, 2.05) is 24.3 Å². The minimum Gasteiger partial charge on any atom is -0.488 e. The van der Waals surface area contributed by atoms with Gasteiger partial charge in [0, 0.05) is 4.47 Å². The van der Waals surface area contributed by atoms with Crippen LogP contribution in [0.15, 0.2) is 28.7 Å². The van der Waals surface area contributed by atoms with Crippen LogP contribution < -0.4 is 10.1 Å². The molecule has 2 N–H and O–H groups in total. The van der Waals surface area contributed by atoms with Gasteiger partial charge < -0.3 is 10.1 Å². The Labute approximate surface area is 93.8 Å². The number of halogens is 1. The Morgan fingerprint density at radius 2 is 2.21 bits per heavy atom. The molecule has 0 saturated carbocycles. The average Bonchev–Trinajstić information content (AvgIpc) is 2.12. The van der Waals surface area contributed by atoms with Gasteiger partial charge in [0.25, 0.3) is 0 Å². The molecule has 0 aliphatic rings. The van der Waals surface area contributed by atoms with E-state index in [0.29, 0.717) is 6.04 Å². The molecule has 1 aromatic carbocycles. The third kappa shape index (κ3) is 4.63. The molecular weight excluding hydrogens is 242 g/mol. The van der Waals surface area contributed by atoms with E-state index in [1.54, 1.807) is 0 Å². The van der Waals surface area contributed by atoms with Crippen LogP contribution in [0.4, 0.5) is 0 Å². The first-order chi connectivity index (χ1) is 6.68. The number of hydrogen-bond acceptors (Lipinski definition) is 1. The fraction of sp³-hybridized carbons (Fsp3) is 0.455. The minimum atomic E-state index is 0.640. The van der Waals surface area contributed by atoms with Gasteiger partial charge in [-0.15, -0.1) is 0 Å². The van der Waals surface area contributed by atoms with Crippen LogP contribution in [-0.2, 0) is 0 Å². The Kier molecular flexibility index (Phi) is 4.98. The number of benzene rings is 1. The van der Waals surface area contributed by atoms with Crippen LogP contribution in [0.2, 0.25) is 0 Å². The summed E-state index contributed by atoms with van der Waals surface area (Å²) in [5, 5.41) is 2.26. The number of nitrogens with two attached hydrogens (primary N) is 1. The van der Waals surface area contributed by atoms with Crippen LogP contribution in [0.25, 0.3) is 0 Å². The van der Waals surface area contributed by atoms with Crippen molar-refractivity contribution in [1.82, 2.24) is 0 Å². The first kappa shape index (κ1) is 11.5. The van der Waals surface area contributed by atoms with Gasteiger partial charge in [-0.2, -0.15) is 0 Å². The SMILES string of the molecule is CC(C)[NH2+]CCOc1cccc(Br)c1. The van der Waals surface area contributed by atoms with Crippen molar-refractivity contribution >= 4 is 15.9 Å². The zero-order valence-corrected chi connectivity index (χ0v) is 10.3. The summed E-state index contributed by atoms with van der Waals surface area (Å²) >= 11 is 3.41. The van der Waals surface area contributed by atoms with Gasteiger partial charge in [0.15, 0.2) is 0 Å². The minimum absolute atomic E-state index is 0.640. The predicted molar refractivity (Wildman–Crippen MR) is 61.6 cm³/mol. The molecule has 1 rings (SSSR count). The maximum absolute atomic E-state index is 5.58. The third-order valence-electron chi connectivity index (χ3n) is 1.82. The topological polar surface area (TPSA) is 25.8 Å². The van der Waals surface area contributed by atoms with Crippen LogP contribution >= 0.6 is 15.9 Å². The summed E-state index contributed by atoms with van der Waals surface area (Å²) in [4.78, 5) is 0. The van der Waals surface area contributed by atoms with E-state index in [0.717, 1.165) is 23.4 Å².